The smallest absolute Gasteiger partial charge is 0.335 e. The van der Waals surface area contributed by atoms with Crippen LogP contribution in [0.25, 0.3) is 0 Å². The van der Waals surface area contributed by atoms with Crippen molar-refractivity contribution >= 4 is 17.7 Å². The maximum atomic E-state index is 10.6. The number of carboxylic acids is 1. The van der Waals surface area contributed by atoms with Crippen molar-refractivity contribution in [3.05, 3.63) is 42.3 Å². The zero-order chi connectivity index (χ0) is 12.8. The number of hydrogen-bond acceptors (Lipinski definition) is 5. The lowest BCUT2D eigenvalue weighted by molar-refractivity contribution is 0.0697. The van der Waals surface area contributed by atoms with E-state index in [9.17, 15) is 4.79 Å². The number of hydrogen-bond donors (Lipinski definition) is 1. The van der Waals surface area contributed by atoms with Gasteiger partial charge in [-0.05, 0) is 24.3 Å². The highest BCUT2D eigenvalue weighted by Gasteiger charge is 2.02. The summed E-state index contributed by atoms with van der Waals surface area (Å²) in [5.41, 5.74) is 0.247. The minimum Gasteiger partial charge on any atom is -0.493 e. The first-order valence-corrected chi connectivity index (χ1v) is 6.23. The molecule has 0 radical (unpaired) electrons. The van der Waals surface area contributed by atoms with Gasteiger partial charge in [0.2, 0.25) is 0 Å². The monoisotopic (exact) mass is 265 g/mol. The first kappa shape index (κ1) is 12.5. The zero-order valence-corrected chi connectivity index (χ0v) is 10.2. The fraction of sp³-hybridized carbons (Fsp3) is 0.167. The van der Waals surface area contributed by atoms with Gasteiger partial charge in [0.05, 0.1) is 18.4 Å². The van der Waals surface area contributed by atoms with Gasteiger partial charge in [-0.15, -0.1) is 0 Å². The molecule has 1 N–H and O–H groups in total. The molecule has 1 aromatic carbocycles. The van der Waals surface area contributed by atoms with E-state index in [2.05, 4.69) is 4.98 Å². The minimum atomic E-state index is -0.944. The van der Waals surface area contributed by atoms with E-state index in [4.69, 9.17) is 14.3 Å². The SMILES string of the molecule is O=C(O)c1ccc(OCCSc2ncco2)cc1. The molecular weight excluding hydrogens is 254 g/mol. The standard InChI is InChI=1S/C12H11NO4S/c14-11(15)9-1-3-10(4-2-9)16-7-8-18-12-13-5-6-17-12/h1-6H,7-8H2,(H,14,15). The molecule has 0 aliphatic heterocycles. The Bertz CT molecular complexity index is 495. The van der Waals surface area contributed by atoms with Gasteiger partial charge >= 0.3 is 5.97 Å². The van der Waals surface area contributed by atoms with Gasteiger partial charge in [0, 0.05) is 5.75 Å². The number of aromatic carboxylic acids is 1. The molecule has 0 bridgehead atoms. The number of carbonyl (C=O) groups is 1. The van der Waals surface area contributed by atoms with Crippen LogP contribution in [0.5, 0.6) is 5.75 Å². The first-order valence-electron chi connectivity index (χ1n) is 5.24. The van der Waals surface area contributed by atoms with Gasteiger partial charge in [-0.2, -0.15) is 0 Å². The Hall–Kier alpha value is -1.95. The molecule has 0 fully saturated rings. The summed E-state index contributed by atoms with van der Waals surface area (Å²) in [7, 11) is 0. The molecule has 0 spiro atoms. The molecule has 6 heteroatoms. The molecule has 0 atom stereocenters. The zero-order valence-electron chi connectivity index (χ0n) is 9.41. The topological polar surface area (TPSA) is 72.6 Å². The van der Waals surface area contributed by atoms with Crippen molar-refractivity contribution in [3.63, 3.8) is 0 Å². The van der Waals surface area contributed by atoms with Gasteiger partial charge < -0.3 is 14.3 Å². The molecule has 5 nitrogen and oxygen atoms in total. The van der Waals surface area contributed by atoms with Crippen LogP contribution in [-0.2, 0) is 0 Å². The maximum absolute atomic E-state index is 10.6. The summed E-state index contributed by atoms with van der Waals surface area (Å²) in [5, 5.41) is 9.34. The van der Waals surface area contributed by atoms with Crippen LogP contribution >= 0.6 is 11.8 Å². The highest BCUT2D eigenvalue weighted by molar-refractivity contribution is 7.99. The van der Waals surface area contributed by atoms with E-state index >= 15 is 0 Å². The van der Waals surface area contributed by atoms with Crippen LogP contribution in [0.3, 0.4) is 0 Å². The molecule has 0 amide bonds. The molecule has 0 unspecified atom stereocenters. The Labute approximate surface area is 108 Å². The van der Waals surface area contributed by atoms with Gasteiger partial charge in [-0.25, -0.2) is 9.78 Å². The Kier molecular flexibility index (Phi) is 4.25. The lowest BCUT2D eigenvalue weighted by atomic mass is 10.2. The minimum absolute atomic E-state index is 0.247. The van der Waals surface area contributed by atoms with Crippen LogP contribution in [0.1, 0.15) is 10.4 Å². The molecule has 0 saturated carbocycles. The maximum Gasteiger partial charge on any atom is 0.335 e. The quantitative estimate of drug-likeness (QED) is 0.639. The Morgan fingerprint density at radius 3 is 2.78 bits per heavy atom. The number of aromatic nitrogens is 1. The summed E-state index contributed by atoms with van der Waals surface area (Å²) in [6, 6.07) is 6.30. The summed E-state index contributed by atoms with van der Waals surface area (Å²) in [6.07, 6.45) is 3.11. The largest absolute Gasteiger partial charge is 0.493 e. The van der Waals surface area contributed by atoms with E-state index in [0.717, 1.165) is 0 Å². The molecule has 94 valence electrons. The first-order chi connectivity index (χ1) is 8.75. The van der Waals surface area contributed by atoms with Crippen molar-refractivity contribution in [1.29, 1.82) is 0 Å². The van der Waals surface area contributed by atoms with E-state index in [-0.39, 0.29) is 5.56 Å². The van der Waals surface area contributed by atoms with Crippen molar-refractivity contribution in [1.82, 2.24) is 4.98 Å². The predicted octanol–water partition coefficient (Wildman–Crippen LogP) is 2.54. The third kappa shape index (κ3) is 3.53. The summed E-state index contributed by atoms with van der Waals surface area (Å²) >= 11 is 1.46. The molecular formula is C12H11NO4S. The van der Waals surface area contributed by atoms with Crippen molar-refractivity contribution in [2.24, 2.45) is 0 Å². The third-order valence-corrected chi connectivity index (χ3v) is 2.91. The molecule has 0 aliphatic carbocycles. The summed E-state index contributed by atoms with van der Waals surface area (Å²) < 4.78 is 10.5. The van der Waals surface area contributed by atoms with Crippen LogP contribution in [-0.4, -0.2) is 28.4 Å². The average molecular weight is 265 g/mol. The van der Waals surface area contributed by atoms with Gasteiger partial charge in [0.15, 0.2) is 0 Å². The number of thioether (sulfide) groups is 1. The van der Waals surface area contributed by atoms with Crippen LogP contribution in [0, 0.1) is 0 Å². The van der Waals surface area contributed by atoms with Gasteiger partial charge in [0.1, 0.15) is 12.0 Å². The average Bonchev–Trinajstić information content (AvgIpc) is 2.88. The summed E-state index contributed by atoms with van der Waals surface area (Å²) in [6.45, 7) is 0.499. The molecule has 1 aromatic heterocycles. The summed E-state index contributed by atoms with van der Waals surface area (Å²) in [5.74, 6) is 0.412. The Morgan fingerprint density at radius 2 is 2.17 bits per heavy atom. The molecule has 2 aromatic rings. The van der Waals surface area contributed by atoms with E-state index in [1.54, 1.807) is 18.3 Å². The van der Waals surface area contributed by atoms with Crippen molar-refractivity contribution in [3.8, 4) is 5.75 Å². The number of ether oxygens (including phenoxy) is 1. The van der Waals surface area contributed by atoms with Crippen LogP contribution in [0.2, 0.25) is 0 Å². The van der Waals surface area contributed by atoms with E-state index in [1.807, 2.05) is 0 Å². The second-order valence-electron chi connectivity index (χ2n) is 3.32. The fourth-order valence-corrected chi connectivity index (χ4v) is 1.86. The highest BCUT2D eigenvalue weighted by Crippen LogP contribution is 2.16. The Balaban J connectivity index is 1.75. The molecule has 2 rings (SSSR count). The van der Waals surface area contributed by atoms with Crippen molar-refractivity contribution in [2.45, 2.75) is 5.22 Å². The summed E-state index contributed by atoms with van der Waals surface area (Å²) in [4.78, 5) is 14.6. The van der Waals surface area contributed by atoms with Gasteiger partial charge in [0.25, 0.3) is 5.22 Å². The second-order valence-corrected chi connectivity index (χ2v) is 4.37. The lowest BCUT2D eigenvalue weighted by Crippen LogP contribution is -2.01. The predicted molar refractivity (Wildman–Crippen MR) is 66.1 cm³/mol. The molecule has 18 heavy (non-hydrogen) atoms. The molecule has 1 heterocycles. The van der Waals surface area contributed by atoms with Gasteiger partial charge in [-0.1, -0.05) is 11.8 Å². The number of oxazole rings is 1. The van der Waals surface area contributed by atoms with Crippen molar-refractivity contribution < 1.29 is 19.1 Å². The van der Waals surface area contributed by atoms with Crippen LogP contribution < -0.4 is 4.74 Å². The van der Waals surface area contributed by atoms with Crippen LogP contribution in [0.15, 0.2) is 46.4 Å². The number of nitrogens with zero attached hydrogens (tertiary/aromatic N) is 1. The normalized spacial score (nSPS) is 10.2. The van der Waals surface area contributed by atoms with E-state index in [1.165, 1.54) is 30.2 Å². The van der Waals surface area contributed by atoms with Gasteiger partial charge in [-0.3, -0.25) is 0 Å². The fourth-order valence-electron chi connectivity index (χ4n) is 1.26. The van der Waals surface area contributed by atoms with Crippen molar-refractivity contribution in [2.75, 3.05) is 12.4 Å². The lowest BCUT2D eigenvalue weighted by Gasteiger charge is -2.04. The third-order valence-electron chi connectivity index (χ3n) is 2.09. The number of carboxylic acid groups (broad SMARTS) is 1. The number of rotatable bonds is 6. The molecule has 0 saturated heterocycles. The Morgan fingerprint density at radius 1 is 1.39 bits per heavy atom. The van der Waals surface area contributed by atoms with E-state index in [0.29, 0.717) is 23.3 Å². The van der Waals surface area contributed by atoms with Crippen LogP contribution in [0.4, 0.5) is 0 Å². The van der Waals surface area contributed by atoms with E-state index < -0.39 is 5.97 Å². The second kappa shape index (κ2) is 6.11. The number of benzene rings is 1. The highest BCUT2D eigenvalue weighted by atomic mass is 32.2. The molecule has 0 aliphatic rings.